The van der Waals surface area contributed by atoms with Gasteiger partial charge >= 0.3 is 0 Å². The third kappa shape index (κ3) is 4.94. The Labute approximate surface area is 174 Å². The molecule has 2 amide bonds. The van der Waals surface area contributed by atoms with Crippen molar-refractivity contribution >= 4 is 23.2 Å². The molecule has 1 fully saturated rings. The number of non-ortho nitro benzene ring substituents is 1. The molecule has 0 spiro atoms. The third-order valence-electron chi connectivity index (χ3n) is 5.27. The maximum Gasteiger partial charge on any atom is 0.272 e. The van der Waals surface area contributed by atoms with Crippen LogP contribution in [0.4, 0.5) is 11.4 Å². The van der Waals surface area contributed by atoms with Crippen molar-refractivity contribution < 1.29 is 14.5 Å². The molecule has 1 aromatic carbocycles. The van der Waals surface area contributed by atoms with Crippen LogP contribution in [0.15, 0.2) is 24.3 Å². The number of hydrogen-bond acceptors (Lipinski definition) is 6. The first-order valence-corrected chi connectivity index (χ1v) is 9.88. The van der Waals surface area contributed by atoms with Gasteiger partial charge in [0.2, 0.25) is 0 Å². The Morgan fingerprint density at radius 1 is 1.20 bits per heavy atom. The number of nitro groups is 1. The summed E-state index contributed by atoms with van der Waals surface area (Å²) in [5.74, 6) is -0.451. The van der Waals surface area contributed by atoms with Crippen molar-refractivity contribution in [3.05, 3.63) is 51.3 Å². The van der Waals surface area contributed by atoms with Gasteiger partial charge in [-0.1, -0.05) is 6.92 Å². The van der Waals surface area contributed by atoms with Crippen LogP contribution >= 0.6 is 0 Å². The molecule has 160 valence electrons. The van der Waals surface area contributed by atoms with Gasteiger partial charge in [0, 0.05) is 30.9 Å². The normalized spacial score (nSPS) is 14.4. The van der Waals surface area contributed by atoms with Gasteiger partial charge in [-0.15, -0.1) is 0 Å². The van der Waals surface area contributed by atoms with Gasteiger partial charge in [0.1, 0.15) is 6.54 Å². The zero-order valence-electron chi connectivity index (χ0n) is 17.3. The number of aryl methyl sites for hydroxylation is 2. The summed E-state index contributed by atoms with van der Waals surface area (Å²) in [6.07, 6.45) is 1.97. The van der Waals surface area contributed by atoms with Crippen LogP contribution in [0.5, 0.6) is 0 Å². The number of carbonyl (C=O) groups excluding carboxylic acids is 2. The van der Waals surface area contributed by atoms with E-state index in [0.717, 1.165) is 37.3 Å². The molecule has 10 heteroatoms. The number of anilines is 1. The van der Waals surface area contributed by atoms with E-state index >= 15 is 0 Å². The predicted octanol–water partition coefficient (Wildman–Crippen LogP) is 2.11. The molecular formula is C20H26N6O4. The molecule has 3 rings (SSSR count). The number of amides is 2. The van der Waals surface area contributed by atoms with Crippen molar-refractivity contribution in [2.75, 3.05) is 18.0 Å². The Kier molecular flexibility index (Phi) is 6.34. The smallest absolute Gasteiger partial charge is 0.272 e. The van der Waals surface area contributed by atoms with Crippen molar-refractivity contribution in [2.24, 2.45) is 5.92 Å². The fourth-order valence-electron chi connectivity index (χ4n) is 3.55. The minimum absolute atomic E-state index is 0.0498. The number of nitrogens with one attached hydrogen (secondary N) is 2. The van der Waals surface area contributed by atoms with E-state index in [1.165, 1.54) is 16.8 Å². The molecule has 1 aliphatic rings. The Morgan fingerprint density at radius 2 is 1.90 bits per heavy atom. The topological polar surface area (TPSA) is 122 Å². The first-order chi connectivity index (χ1) is 14.2. The molecule has 1 aliphatic heterocycles. The molecular weight excluding hydrogens is 388 g/mol. The van der Waals surface area contributed by atoms with Crippen molar-refractivity contribution in [1.82, 2.24) is 20.6 Å². The zero-order chi connectivity index (χ0) is 21.8. The number of nitrogens with zero attached hydrogens (tertiary/aromatic N) is 4. The second-order valence-corrected chi connectivity index (χ2v) is 7.72. The lowest BCUT2D eigenvalue weighted by Crippen LogP contribution is -2.44. The number of nitro benzene ring substituents is 1. The number of hydrogen-bond donors (Lipinski definition) is 2. The molecule has 2 aromatic rings. The Balaban J connectivity index is 1.73. The summed E-state index contributed by atoms with van der Waals surface area (Å²) in [5, 5.41) is 15.4. The van der Waals surface area contributed by atoms with E-state index in [0.29, 0.717) is 11.6 Å². The number of rotatable bonds is 5. The van der Waals surface area contributed by atoms with Gasteiger partial charge in [0.25, 0.3) is 17.5 Å². The van der Waals surface area contributed by atoms with Crippen LogP contribution in [-0.2, 0) is 11.3 Å². The van der Waals surface area contributed by atoms with Gasteiger partial charge in [-0.2, -0.15) is 5.10 Å². The SMILES string of the molecule is Cc1cc(C)n(CC(=O)NNC(=O)c2cc([N+](=O)[O-])ccc2N2CCC(C)CC2)n1. The molecule has 1 aromatic heterocycles. The molecule has 30 heavy (non-hydrogen) atoms. The van der Waals surface area contributed by atoms with Crippen molar-refractivity contribution in [3.63, 3.8) is 0 Å². The molecule has 0 saturated carbocycles. The first kappa shape index (κ1) is 21.3. The van der Waals surface area contributed by atoms with Crippen LogP contribution in [0.1, 0.15) is 41.5 Å². The van der Waals surface area contributed by atoms with Crippen LogP contribution in [0, 0.1) is 29.9 Å². The highest BCUT2D eigenvalue weighted by Gasteiger charge is 2.24. The highest BCUT2D eigenvalue weighted by atomic mass is 16.6. The quantitative estimate of drug-likeness (QED) is 0.571. The maximum atomic E-state index is 12.8. The standard InChI is InChI=1S/C20H26N6O4/c1-13-6-8-24(9-7-13)18-5-4-16(26(29)30)11-17(18)20(28)22-21-19(27)12-25-15(3)10-14(2)23-25/h4-5,10-11,13H,6-9,12H2,1-3H3,(H,21,27)(H,22,28). The average molecular weight is 414 g/mol. The molecule has 0 radical (unpaired) electrons. The lowest BCUT2D eigenvalue weighted by Gasteiger charge is -2.33. The number of carbonyl (C=O) groups is 2. The summed E-state index contributed by atoms with van der Waals surface area (Å²) in [7, 11) is 0. The molecule has 0 bridgehead atoms. The summed E-state index contributed by atoms with van der Waals surface area (Å²) in [6.45, 7) is 7.33. The van der Waals surface area contributed by atoms with Crippen LogP contribution in [0.25, 0.3) is 0 Å². The number of piperidine rings is 1. The van der Waals surface area contributed by atoms with Gasteiger partial charge in [-0.25, -0.2) is 0 Å². The minimum atomic E-state index is -0.603. The van der Waals surface area contributed by atoms with E-state index in [4.69, 9.17) is 0 Å². The molecule has 0 aliphatic carbocycles. The summed E-state index contributed by atoms with van der Waals surface area (Å²) in [6, 6.07) is 6.09. The van der Waals surface area contributed by atoms with Crippen LogP contribution in [-0.4, -0.2) is 39.6 Å². The largest absolute Gasteiger partial charge is 0.371 e. The average Bonchev–Trinajstić information content (AvgIpc) is 3.02. The summed E-state index contributed by atoms with van der Waals surface area (Å²) in [5.41, 5.74) is 6.96. The van der Waals surface area contributed by atoms with E-state index < -0.39 is 16.7 Å². The summed E-state index contributed by atoms with van der Waals surface area (Å²) in [4.78, 5) is 37.7. The lowest BCUT2D eigenvalue weighted by atomic mass is 9.98. The van der Waals surface area contributed by atoms with Crippen LogP contribution in [0.2, 0.25) is 0 Å². The number of hydrazine groups is 1. The fraction of sp³-hybridized carbons (Fsp3) is 0.450. The van der Waals surface area contributed by atoms with Crippen LogP contribution < -0.4 is 15.8 Å². The van der Waals surface area contributed by atoms with Gasteiger partial charge in [-0.05, 0) is 44.7 Å². The van der Waals surface area contributed by atoms with Gasteiger partial charge in [0.05, 0.1) is 21.9 Å². The van der Waals surface area contributed by atoms with Gasteiger partial charge < -0.3 is 4.90 Å². The van der Waals surface area contributed by atoms with Crippen LogP contribution in [0.3, 0.4) is 0 Å². The van der Waals surface area contributed by atoms with E-state index in [1.54, 1.807) is 6.07 Å². The van der Waals surface area contributed by atoms with Crippen molar-refractivity contribution in [2.45, 2.75) is 40.2 Å². The van der Waals surface area contributed by atoms with Crippen molar-refractivity contribution in [3.8, 4) is 0 Å². The summed E-state index contributed by atoms with van der Waals surface area (Å²) < 4.78 is 1.53. The Bertz CT molecular complexity index is 962. The van der Waals surface area contributed by atoms with E-state index in [2.05, 4.69) is 27.8 Å². The van der Waals surface area contributed by atoms with E-state index in [9.17, 15) is 19.7 Å². The minimum Gasteiger partial charge on any atom is -0.371 e. The molecule has 0 atom stereocenters. The molecule has 2 heterocycles. The molecule has 2 N–H and O–H groups in total. The maximum absolute atomic E-state index is 12.8. The first-order valence-electron chi connectivity index (χ1n) is 9.88. The second-order valence-electron chi connectivity index (χ2n) is 7.72. The summed E-state index contributed by atoms with van der Waals surface area (Å²) >= 11 is 0. The molecule has 10 nitrogen and oxygen atoms in total. The van der Waals surface area contributed by atoms with Gasteiger partial charge in [-0.3, -0.25) is 35.2 Å². The lowest BCUT2D eigenvalue weighted by molar-refractivity contribution is -0.384. The fourth-order valence-corrected chi connectivity index (χ4v) is 3.55. The number of benzene rings is 1. The zero-order valence-corrected chi connectivity index (χ0v) is 17.3. The highest BCUT2D eigenvalue weighted by Crippen LogP contribution is 2.29. The third-order valence-corrected chi connectivity index (χ3v) is 5.27. The monoisotopic (exact) mass is 414 g/mol. The number of aromatic nitrogens is 2. The van der Waals surface area contributed by atoms with Crippen molar-refractivity contribution in [1.29, 1.82) is 0 Å². The van der Waals surface area contributed by atoms with E-state index in [1.807, 2.05) is 19.9 Å². The predicted molar refractivity (Wildman–Crippen MR) is 111 cm³/mol. The Hall–Kier alpha value is -3.43. The molecule has 1 saturated heterocycles. The second kappa shape index (κ2) is 8.93. The van der Waals surface area contributed by atoms with E-state index in [-0.39, 0.29) is 17.8 Å². The molecule has 0 unspecified atom stereocenters. The Morgan fingerprint density at radius 3 is 2.50 bits per heavy atom. The van der Waals surface area contributed by atoms with Gasteiger partial charge in [0.15, 0.2) is 0 Å². The highest BCUT2D eigenvalue weighted by molar-refractivity contribution is 6.01.